The first-order chi connectivity index (χ1) is 10.1. The van der Waals surface area contributed by atoms with Crippen molar-refractivity contribution in [1.82, 2.24) is 0 Å². The van der Waals surface area contributed by atoms with Crippen molar-refractivity contribution in [2.75, 3.05) is 0 Å². The Kier molecular flexibility index (Phi) is 4.34. The molecule has 0 aliphatic carbocycles. The van der Waals surface area contributed by atoms with Crippen molar-refractivity contribution in [3.8, 4) is 20.9 Å². The van der Waals surface area contributed by atoms with E-state index in [0.717, 1.165) is 8.95 Å². The van der Waals surface area contributed by atoms with E-state index < -0.39 is 0 Å². The molecule has 0 nitrogen and oxygen atoms in total. The maximum Gasteiger partial charge on any atom is 0.0510 e. The minimum atomic E-state index is 1.13. The Morgan fingerprint density at radius 2 is 1.38 bits per heavy atom. The molecule has 0 saturated carbocycles. The van der Waals surface area contributed by atoms with Crippen LogP contribution in [0.4, 0.5) is 0 Å². The monoisotopic (exact) mass is 420 g/mol. The predicted octanol–water partition coefficient (Wildman–Crippen LogP) is 7.22. The van der Waals surface area contributed by atoms with Crippen molar-refractivity contribution in [3.05, 3.63) is 68.6 Å². The van der Waals surface area contributed by atoms with Gasteiger partial charge in [-0.25, -0.2) is 0 Å². The molecule has 0 saturated heterocycles. The fourth-order valence-corrected chi connectivity index (χ4v) is 5.05. The molecule has 0 bridgehead atoms. The summed E-state index contributed by atoms with van der Waals surface area (Å²) in [5.74, 6) is 0. The predicted molar refractivity (Wildman–Crippen MR) is 100 cm³/mol. The lowest BCUT2D eigenvalue weighted by atomic mass is 10.1. The smallest absolute Gasteiger partial charge is 0.0510 e. The second-order valence-electron chi connectivity index (χ2n) is 5.07. The van der Waals surface area contributed by atoms with Crippen LogP contribution in [0.2, 0.25) is 0 Å². The maximum atomic E-state index is 3.75. The van der Waals surface area contributed by atoms with E-state index in [0.29, 0.717) is 0 Å². The number of halogens is 2. The molecule has 0 aliphatic rings. The second-order valence-corrected chi connectivity index (χ2v) is 7.68. The maximum absolute atomic E-state index is 3.75. The van der Waals surface area contributed by atoms with Gasteiger partial charge in [-0.15, -0.1) is 11.3 Å². The largest absolute Gasteiger partial charge is 0.133 e. The SMILES string of the molecule is Cc1ccc(-c2sc(-c3ccccc3C)c(Br)c2Br)cc1. The molecule has 3 heteroatoms. The van der Waals surface area contributed by atoms with Gasteiger partial charge < -0.3 is 0 Å². The first-order valence-corrected chi connectivity index (χ1v) is 9.09. The summed E-state index contributed by atoms with van der Waals surface area (Å²) in [5, 5.41) is 0. The van der Waals surface area contributed by atoms with E-state index in [2.05, 4.69) is 94.2 Å². The van der Waals surface area contributed by atoms with Gasteiger partial charge >= 0.3 is 0 Å². The van der Waals surface area contributed by atoms with Crippen LogP contribution in [0.1, 0.15) is 11.1 Å². The van der Waals surface area contributed by atoms with Gasteiger partial charge in [-0.1, -0.05) is 54.1 Å². The average molecular weight is 422 g/mol. The van der Waals surface area contributed by atoms with Crippen molar-refractivity contribution < 1.29 is 0 Å². The van der Waals surface area contributed by atoms with Crippen molar-refractivity contribution in [1.29, 1.82) is 0 Å². The summed E-state index contributed by atoms with van der Waals surface area (Å²) < 4.78 is 2.27. The molecular formula is C18H14Br2S. The van der Waals surface area contributed by atoms with Gasteiger partial charge in [-0.05, 0) is 62.4 Å². The summed E-state index contributed by atoms with van der Waals surface area (Å²) in [6.45, 7) is 4.27. The van der Waals surface area contributed by atoms with Crippen LogP contribution in [0.3, 0.4) is 0 Å². The Hall–Kier alpha value is -0.900. The van der Waals surface area contributed by atoms with Crippen molar-refractivity contribution >= 4 is 43.2 Å². The van der Waals surface area contributed by atoms with E-state index in [4.69, 9.17) is 0 Å². The molecule has 0 fully saturated rings. The minimum Gasteiger partial charge on any atom is -0.133 e. The lowest BCUT2D eigenvalue weighted by Crippen LogP contribution is -1.78. The van der Waals surface area contributed by atoms with E-state index >= 15 is 0 Å². The molecule has 0 unspecified atom stereocenters. The van der Waals surface area contributed by atoms with Gasteiger partial charge in [0.05, 0.1) is 18.7 Å². The molecule has 1 heterocycles. The van der Waals surface area contributed by atoms with E-state index in [9.17, 15) is 0 Å². The summed E-state index contributed by atoms with van der Waals surface area (Å²) in [5.41, 5.74) is 5.11. The molecule has 0 N–H and O–H groups in total. The Morgan fingerprint density at radius 1 is 0.762 bits per heavy atom. The third-order valence-corrected chi connectivity index (χ3v) is 7.41. The molecule has 21 heavy (non-hydrogen) atoms. The zero-order valence-corrected chi connectivity index (χ0v) is 15.8. The molecule has 3 rings (SSSR count). The summed E-state index contributed by atoms with van der Waals surface area (Å²) in [6, 6.07) is 17.2. The van der Waals surface area contributed by atoms with Crippen LogP contribution in [0.15, 0.2) is 57.5 Å². The lowest BCUT2D eigenvalue weighted by molar-refractivity contribution is 1.47. The highest BCUT2D eigenvalue weighted by molar-refractivity contribution is 9.13. The highest BCUT2D eigenvalue weighted by atomic mass is 79.9. The van der Waals surface area contributed by atoms with Crippen molar-refractivity contribution in [2.24, 2.45) is 0 Å². The number of thiophene rings is 1. The Labute approximate surface area is 146 Å². The summed E-state index contributed by atoms with van der Waals surface area (Å²) >= 11 is 9.31. The van der Waals surface area contributed by atoms with Crippen LogP contribution in [0.25, 0.3) is 20.9 Å². The zero-order valence-electron chi connectivity index (χ0n) is 11.8. The highest BCUT2D eigenvalue weighted by Gasteiger charge is 2.17. The normalized spacial score (nSPS) is 10.9. The van der Waals surface area contributed by atoms with E-state index in [1.54, 1.807) is 0 Å². The van der Waals surface area contributed by atoms with Crippen molar-refractivity contribution in [3.63, 3.8) is 0 Å². The van der Waals surface area contributed by atoms with Gasteiger partial charge in [-0.3, -0.25) is 0 Å². The van der Waals surface area contributed by atoms with Gasteiger partial charge in [0.2, 0.25) is 0 Å². The van der Waals surface area contributed by atoms with E-state index in [-0.39, 0.29) is 0 Å². The van der Waals surface area contributed by atoms with Crippen LogP contribution in [0, 0.1) is 13.8 Å². The summed E-state index contributed by atoms with van der Waals surface area (Å²) in [7, 11) is 0. The van der Waals surface area contributed by atoms with Crippen molar-refractivity contribution in [2.45, 2.75) is 13.8 Å². The van der Waals surface area contributed by atoms with Crippen LogP contribution in [0.5, 0.6) is 0 Å². The minimum absolute atomic E-state index is 1.13. The standard InChI is InChI=1S/C18H14Br2S/c1-11-7-9-13(10-8-11)17-15(19)16(20)18(21-17)14-6-4-3-5-12(14)2/h3-10H,1-2H3. The third kappa shape index (κ3) is 2.87. The zero-order chi connectivity index (χ0) is 15.0. The number of aryl methyl sites for hydroxylation is 2. The highest BCUT2D eigenvalue weighted by Crippen LogP contribution is 2.48. The number of hydrogen-bond donors (Lipinski definition) is 0. The average Bonchev–Trinajstić information content (AvgIpc) is 2.77. The first kappa shape index (κ1) is 15.0. The molecule has 2 aromatic carbocycles. The fraction of sp³-hybridized carbons (Fsp3) is 0.111. The lowest BCUT2D eigenvalue weighted by Gasteiger charge is -2.03. The second kappa shape index (κ2) is 6.07. The van der Waals surface area contributed by atoms with Crippen LogP contribution in [-0.4, -0.2) is 0 Å². The van der Waals surface area contributed by atoms with Gasteiger partial charge in [0.15, 0.2) is 0 Å². The van der Waals surface area contributed by atoms with Crippen LogP contribution < -0.4 is 0 Å². The first-order valence-electron chi connectivity index (χ1n) is 6.68. The van der Waals surface area contributed by atoms with Crippen LogP contribution >= 0.6 is 43.2 Å². The molecule has 0 radical (unpaired) electrons. The molecular weight excluding hydrogens is 408 g/mol. The Bertz CT molecular complexity index is 785. The molecule has 0 amide bonds. The van der Waals surface area contributed by atoms with Crippen LogP contribution in [-0.2, 0) is 0 Å². The Balaban J connectivity index is 2.16. The molecule has 0 spiro atoms. The third-order valence-electron chi connectivity index (χ3n) is 3.50. The van der Waals surface area contributed by atoms with Gasteiger partial charge in [-0.2, -0.15) is 0 Å². The molecule has 106 valence electrons. The fourth-order valence-electron chi connectivity index (χ4n) is 2.28. The van der Waals surface area contributed by atoms with E-state index in [1.165, 1.54) is 32.0 Å². The molecule has 1 aromatic heterocycles. The van der Waals surface area contributed by atoms with Gasteiger partial charge in [0, 0.05) is 0 Å². The summed E-state index contributed by atoms with van der Waals surface area (Å²) in [4.78, 5) is 2.54. The molecule has 3 aromatic rings. The molecule has 0 atom stereocenters. The Morgan fingerprint density at radius 3 is 2.05 bits per heavy atom. The number of hydrogen-bond acceptors (Lipinski definition) is 1. The van der Waals surface area contributed by atoms with Gasteiger partial charge in [0.1, 0.15) is 0 Å². The molecule has 0 aliphatic heterocycles. The van der Waals surface area contributed by atoms with E-state index in [1.807, 2.05) is 11.3 Å². The topological polar surface area (TPSA) is 0 Å². The summed E-state index contributed by atoms with van der Waals surface area (Å²) in [6.07, 6.45) is 0. The van der Waals surface area contributed by atoms with Gasteiger partial charge in [0.25, 0.3) is 0 Å². The quantitative estimate of drug-likeness (QED) is 0.409. The number of benzene rings is 2. The number of rotatable bonds is 2.